The quantitative estimate of drug-likeness (QED) is 0.585. The first-order valence-corrected chi connectivity index (χ1v) is 7.17. The van der Waals surface area contributed by atoms with Gasteiger partial charge in [0.05, 0.1) is 9.68 Å². The summed E-state index contributed by atoms with van der Waals surface area (Å²) in [6, 6.07) is 0.977. The fourth-order valence-electron chi connectivity index (χ4n) is 2.19. The van der Waals surface area contributed by atoms with Gasteiger partial charge in [-0.15, -0.1) is 0 Å². The average Bonchev–Trinajstić information content (AvgIpc) is 2.09. The molecule has 0 amide bonds. The summed E-state index contributed by atoms with van der Waals surface area (Å²) >= 11 is 0. The first-order chi connectivity index (χ1) is 5.38. The van der Waals surface area contributed by atoms with E-state index in [1.807, 2.05) is 0 Å². The Morgan fingerprint density at radius 3 is 2.36 bits per heavy atom. The molecule has 0 aromatic rings. The highest BCUT2D eigenvalue weighted by Crippen LogP contribution is 2.21. The van der Waals surface area contributed by atoms with E-state index in [1.54, 1.807) is 0 Å². The Morgan fingerprint density at radius 2 is 1.91 bits per heavy atom. The summed E-state index contributed by atoms with van der Waals surface area (Å²) in [5.74, 6) is 0. The van der Waals surface area contributed by atoms with Gasteiger partial charge >= 0.3 is 0 Å². The first-order valence-electron chi connectivity index (χ1n) is 5.12. The lowest BCUT2D eigenvalue weighted by Crippen LogP contribution is -2.38. The second-order valence-electron chi connectivity index (χ2n) is 3.51. The zero-order valence-electron chi connectivity index (χ0n) is 7.97. The smallest absolute Gasteiger partial charge is 0.0923 e. The number of nitrogens with zero attached hydrogens (tertiary/aromatic N) is 1. The van der Waals surface area contributed by atoms with E-state index in [4.69, 9.17) is 0 Å². The van der Waals surface area contributed by atoms with Crippen LogP contribution in [0.15, 0.2) is 0 Å². The van der Waals surface area contributed by atoms with Crippen molar-refractivity contribution in [2.45, 2.75) is 51.6 Å². The Kier molecular flexibility index (Phi) is 4.16. The molecule has 0 aliphatic heterocycles. The SMILES string of the molecule is CCN([SiH2]C)C1CCCCC1. The van der Waals surface area contributed by atoms with Crippen LogP contribution in [0.25, 0.3) is 0 Å². The normalized spacial score (nSPS) is 22.1. The summed E-state index contributed by atoms with van der Waals surface area (Å²) in [5, 5.41) is 0. The van der Waals surface area contributed by atoms with E-state index in [1.165, 1.54) is 38.6 Å². The molecule has 0 bridgehead atoms. The molecule has 1 nitrogen and oxygen atoms in total. The van der Waals surface area contributed by atoms with Gasteiger partial charge < -0.3 is 4.57 Å². The van der Waals surface area contributed by atoms with Crippen molar-refractivity contribution >= 4 is 9.68 Å². The Labute approximate surface area is 73.1 Å². The van der Waals surface area contributed by atoms with Gasteiger partial charge in [-0.3, -0.25) is 0 Å². The van der Waals surface area contributed by atoms with Gasteiger partial charge in [-0.2, -0.15) is 0 Å². The van der Waals surface area contributed by atoms with Crippen LogP contribution >= 0.6 is 0 Å². The van der Waals surface area contributed by atoms with Crippen molar-refractivity contribution in [3.8, 4) is 0 Å². The summed E-state index contributed by atoms with van der Waals surface area (Å²) in [6.07, 6.45) is 7.41. The third-order valence-corrected chi connectivity index (χ3v) is 4.68. The molecule has 0 saturated heterocycles. The van der Waals surface area contributed by atoms with Crippen molar-refractivity contribution in [2.75, 3.05) is 6.54 Å². The molecule has 2 heteroatoms. The molecule has 1 aliphatic carbocycles. The van der Waals surface area contributed by atoms with Crippen LogP contribution in [0.3, 0.4) is 0 Å². The molecule has 1 rings (SSSR count). The number of hydrogen-bond donors (Lipinski definition) is 0. The average molecular weight is 171 g/mol. The fourth-order valence-corrected chi connectivity index (χ4v) is 3.51. The van der Waals surface area contributed by atoms with Gasteiger partial charge in [0, 0.05) is 6.04 Å². The van der Waals surface area contributed by atoms with Gasteiger partial charge in [0.1, 0.15) is 0 Å². The first kappa shape index (κ1) is 9.27. The van der Waals surface area contributed by atoms with Gasteiger partial charge in [0.15, 0.2) is 0 Å². The lowest BCUT2D eigenvalue weighted by molar-refractivity contribution is 0.266. The van der Waals surface area contributed by atoms with Crippen molar-refractivity contribution in [3.63, 3.8) is 0 Å². The van der Waals surface area contributed by atoms with Crippen molar-refractivity contribution in [1.29, 1.82) is 0 Å². The van der Waals surface area contributed by atoms with E-state index in [9.17, 15) is 0 Å². The lowest BCUT2D eigenvalue weighted by Gasteiger charge is -2.32. The van der Waals surface area contributed by atoms with Crippen LogP contribution in [-0.4, -0.2) is 26.8 Å². The molecular formula is C9H21NSi. The predicted molar refractivity (Wildman–Crippen MR) is 53.7 cm³/mol. The Bertz CT molecular complexity index is 95.7. The largest absolute Gasteiger partial charge is 0.327 e. The van der Waals surface area contributed by atoms with E-state index in [-0.39, 0.29) is 9.68 Å². The Hall–Kier alpha value is 0.177. The Balaban J connectivity index is 2.30. The molecule has 0 aromatic heterocycles. The molecule has 1 aliphatic rings. The highest BCUT2D eigenvalue weighted by molar-refractivity contribution is 6.29. The van der Waals surface area contributed by atoms with Crippen LogP contribution < -0.4 is 0 Å². The van der Waals surface area contributed by atoms with Gasteiger partial charge in [-0.1, -0.05) is 32.7 Å². The maximum absolute atomic E-state index is 2.75. The summed E-state index contributed by atoms with van der Waals surface area (Å²) in [4.78, 5) is 0. The van der Waals surface area contributed by atoms with Crippen LogP contribution in [-0.2, 0) is 0 Å². The highest BCUT2D eigenvalue weighted by atomic mass is 28.2. The van der Waals surface area contributed by atoms with Crippen LogP contribution in [0.5, 0.6) is 0 Å². The third-order valence-electron chi connectivity index (χ3n) is 2.90. The maximum Gasteiger partial charge on any atom is 0.0923 e. The van der Waals surface area contributed by atoms with Gasteiger partial charge in [0.2, 0.25) is 0 Å². The molecule has 0 spiro atoms. The van der Waals surface area contributed by atoms with Gasteiger partial charge in [-0.25, -0.2) is 0 Å². The second kappa shape index (κ2) is 4.94. The second-order valence-corrected chi connectivity index (χ2v) is 4.96. The summed E-state index contributed by atoms with van der Waals surface area (Å²) in [6.45, 7) is 6.02. The monoisotopic (exact) mass is 171 g/mol. The molecule has 66 valence electrons. The molecular weight excluding hydrogens is 150 g/mol. The van der Waals surface area contributed by atoms with E-state index < -0.39 is 0 Å². The Morgan fingerprint density at radius 1 is 1.27 bits per heavy atom. The zero-order chi connectivity index (χ0) is 8.10. The maximum atomic E-state index is 2.75. The van der Waals surface area contributed by atoms with Crippen molar-refractivity contribution in [2.24, 2.45) is 0 Å². The minimum absolute atomic E-state index is 0.116. The molecule has 1 fully saturated rings. The third kappa shape index (κ3) is 2.60. The zero-order valence-corrected chi connectivity index (χ0v) is 9.39. The molecule has 0 N–H and O–H groups in total. The molecule has 0 atom stereocenters. The van der Waals surface area contributed by atoms with E-state index in [0.29, 0.717) is 0 Å². The fraction of sp³-hybridized carbons (Fsp3) is 1.00. The standard InChI is InChI=1S/C9H21NSi/c1-3-10(11-2)9-7-5-4-6-8-9/h9H,3-8,11H2,1-2H3. The molecule has 0 radical (unpaired) electrons. The lowest BCUT2D eigenvalue weighted by atomic mass is 9.95. The van der Waals surface area contributed by atoms with Crippen LogP contribution in [0.1, 0.15) is 39.0 Å². The topological polar surface area (TPSA) is 3.24 Å². The van der Waals surface area contributed by atoms with Gasteiger partial charge in [-0.05, 0) is 19.4 Å². The van der Waals surface area contributed by atoms with Crippen LogP contribution in [0.2, 0.25) is 6.55 Å². The van der Waals surface area contributed by atoms with E-state index in [2.05, 4.69) is 18.0 Å². The molecule has 0 heterocycles. The minimum atomic E-state index is 0.116. The summed E-state index contributed by atoms with van der Waals surface area (Å²) in [5.41, 5.74) is 0. The summed E-state index contributed by atoms with van der Waals surface area (Å²) < 4.78 is 2.75. The summed E-state index contributed by atoms with van der Waals surface area (Å²) in [7, 11) is 0.116. The molecule has 1 saturated carbocycles. The number of hydrogen-bond acceptors (Lipinski definition) is 1. The van der Waals surface area contributed by atoms with Crippen molar-refractivity contribution < 1.29 is 0 Å². The van der Waals surface area contributed by atoms with E-state index >= 15 is 0 Å². The molecule has 0 aromatic carbocycles. The molecule has 11 heavy (non-hydrogen) atoms. The van der Waals surface area contributed by atoms with Crippen LogP contribution in [0, 0.1) is 0 Å². The van der Waals surface area contributed by atoms with E-state index in [0.717, 1.165) is 6.04 Å². The van der Waals surface area contributed by atoms with Gasteiger partial charge in [0.25, 0.3) is 0 Å². The van der Waals surface area contributed by atoms with Crippen molar-refractivity contribution in [3.05, 3.63) is 0 Å². The number of rotatable bonds is 3. The predicted octanol–water partition coefficient (Wildman–Crippen LogP) is 1.77. The van der Waals surface area contributed by atoms with Crippen molar-refractivity contribution in [1.82, 2.24) is 4.57 Å². The highest BCUT2D eigenvalue weighted by Gasteiger charge is 2.17. The minimum Gasteiger partial charge on any atom is -0.327 e. The van der Waals surface area contributed by atoms with Crippen LogP contribution in [0.4, 0.5) is 0 Å². The molecule has 0 unspecified atom stereocenters.